The van der Waals surface area contributed by atoms with Crippen molar-refractivity contribution in [1.29, 1.82) is 5.26 Å². The predicted octanol–water partition coefficient (Wildman–Crippen LogP) is 3.82. The van der Waals surface area contributed by atoms with E-state index in [1.165, 1.54) is 10.4 Å². The maximum absolute atomic E-state index is 13.8. The summed E-state index contributed by atoms with van der Waals surface area (Å²) < 4.78 is 53.2. The number of aryl methyl sites for hydroxylation is 2. The smallest absolute Gasteiger partial charge is 0.260 e. The van der Waals surface area contributed by atoms with E-state index in [4.69, 9.17) is 10.1 Å². The van der Waals surface area contributed by atoms with Crippen molar-refractivity contribution in [1.82, 2.24) is 9.29 Å². The number of anilines is 2. The highest BCUT2D eigenvalue weighted by Crippen LogP contribution is 2.30. The highest BCUT2D eigenvalue weighted by molar-refractivity contribution is 7.89. The van der Waals surface area contributed by atoms with Crippen LogP contribution in [-0.2, 0) is 26.5 Å². The highest BCUT2D eigenvalue weighted by atomic mass is 32.2. The van der Waals surface area contributed by atoms with E-state index in [0.29, 0.717) is 42.2 Å². The summed E-state index contributed by atoms with van der Waals surface area (Å²) in [5.41, 5.74) is 4.51. The lowest BCUT2D eigenvalue weighted by atomic mass is 9.90. The van der Waals surface area contributed by atoms with Crippen LogP contribution in [0.2, 0.25) is 0 Å². The molecule has 0 unspecified atom stereocenters. The number of nitrogens with two attached hydrogens (primary N) is 1. The molecule has 3 aromatic rings. The number of aromatic nitrogens is 1. The number of para-hydroxylation sites is 2. The van der Waals surface area contributed by atoms with Gasteiger partial charge in [0.15, 0.2) is 5.03 Å². The minimum atomic E-state index is -3.91. The van der Waals surface area contributed by atoms with Crippen LogP contribution in [0.1, 0.15) is 42.7 Å². The molecular weight excluding hydrogens is 585 g/mol. The summed E-state index contributed by atoms with van der Waals surface area (Å²) in [4.78, 5) is 8.88. The Morgan fingerprint density at radius 2 is 1.44 bits per heavy atom. The van der Waals surface area contributed by atoms with Gasteiger partial charge in [-0.3, -0.25) is 0 Å². The first-order chi connectivity index (χ1) is 20.0. The Morgan fingerprint density at radius 3 is 2.07 bits per heavy atom. The van der Waals surface area contributed by atoms with Crippen LogP contribution in [0, 0.1) is 31.1 Å². The van der Waals surface area contributed by atoms with E-state index in [2.05, 4.69) is 11.0 Å². The van der Waals surface area contributed by atoms with Gasteiger partial charge < -0.3 is 9.80 Å². The van der Waals surface area contributed by atoms with E-state index in [-0.39, 0.29) is 30.4 Å². The molecule has 0 saturated carbocycles. The minimum Gasteiger partial charge on any atom is -0.370 e. The topological polar surface area (TPSA) is 141 Å². The van der Waals surface area contributed by atoms with E-state index in [9.17, 15) is 22.1 Å². The summed E-state index contributed by atoms with van der Waals surface area (Å²) in [6, 6.07) is 18.3. The molecular formula is C31H40N6O4S2. The van der Waals surface area contributed by atoms with E-state index < -0.39 is 20.0 Å². The number of piperidine rings is 1. The predicted molar refractivity (Wildman–Crippen MR) is 169 cm³/mol. The Labute approximate surface area is 255 Å². The van der Waals surface area contributed by atoms with E-state index in [0.717, 1.165) is 42.9 Å². The third-order valence-corrected chi connectivity index (χ3v) is 11.2. The quantitative estimate of drug-likeness (QED) is 0.418. The molecule has 10 nitrogen and oxygen atoms in total. The van der Waals surface area contributed by atoms with Crippen molar-refractivity contribution in [3.05, 3.63) is 77.0 Å². The van der Waals surface area contributed by atoms with Crippen LogP contribution in [0.25, 0.3) is 0 Å². The van der Waals surface area contributed by atoms with Gasteiger partial charge in [-0.15, -0.1) is 0 Å². The van der Waals surface area contributed by atoms with E-state index in [1.807, 2.05) is 42.2 Å². The number of nitrogens with zero attached hydrogens (tertiary/aromatic N) is 5. The van der Waals surface area contributed by atoms with Gasteiger partial charge in [0.1, 0.15) is 11.0 Å². The molecule has 0 spiro atoms. The zero-order chi connectivity index (χ0) is 30.1. The van der Waals surface area contributed by atoms with Crippen LogP contribution >= 0.6 is 0 Å². The van der Waals surface area contributed by atoms with Gasteiger partial charge in [0.2, 0.25) is 10.0 Å². The third-order valence-electron chi connectivity index (χ3n) is 8.26. The summed E-state index contributed by atoms with van der Waals surface area (Å²) in [7, 11) is -7.77. The highest BCUT2D eigenvalue weighted by Gasteiger charge is 2.33. The standard InChI is InChI=1S/C30H36N6O4S2.CH4/c1-22-19-23(2)30(33-26(22)20-24-11-13-34(14-12-24)27-8-4-3-7-25(27)21-31)42(39,40)36-17-15-35(16-18-36)28-9-5-6-10-29(28)41(32,37)38;/h3-10,19,24H,11-18,20H2,1-2H3,(H2,32,37,38);1H4. The Bertz CT molecular complexity index is 1720. The van der Waals surface area contributed by atoms with Crippen molar-refractivity contribution in [2.45, 2.75) is 50.5 Å². The largest absolute Gasteiger partial charge is 0.370 e. The van der Waals surface area contributed by atoms with Crippen LogP contribution in [-0.4, -0.2) is 65.4 Å². The molecule has 0 radical (unpaired) electrons. The molecule has 2 aromatic carbocycles. The Morgan fingerprint density at radius 1 is 0.860 bits per heavy atom. The van der Waals surface area contributed by atoms with Crippen molar-refractivity contribution in [3.63, 3.8) is 0 Å². The first-order valence-corrected chi connectivity index (χ1v) is 17.1. The van der Waals surface area contributed by atoms with Crippen molar-refractivity contribution in [2.75, 3.05) is 49.1 Å². The molecule has 0 aliphatic carbocycles. The lowest BCUT2D eigenvalue weighted by molar-refractivity contribution is 0.380. The monoisotopic (exact) mass is 624 g/mol. The van der Waals surface area contributed by atoms with Gasteiger partial charge in [-0.2, -0.15) is 9.57 Å². The summed E-state index contributed by atoms with van der Waals surface area (Å²) in [6.45, 7) is 6.49. The normalized spacial score (nSPS) is 16.9. The molecule has 12 heteroatoms. The fourth-order valence-electron chi connectivity index (χ4n) is 5.98. The molecule has 2 saturated heterocycles. The second-order valence-corrected chi connectivity index (χ2v) is 14.4. The Hall–Kier alpha value is -3.50. The first-order valence-electron chi connectivity index (χ1n) is 14.1. The van der Waals surface area contributed by atoms with Gasteiger partial charge >= 0.3 is 0 Å². The Balaban J connectivity index is 0.00000423. The van der Waals surface area contributed by atoms with Crippen molar-refractivity contribution in [2.24, 2.45) is 11.1 Å². The summed E-state index contributed by atoms with van der Waals surface area (Å²) in [5, 5.41) is 15.0. The van der Waals surface area contributed by atoms with Crippen molar-refractivity contribution in [3.8, 4) is 6.07 Å². The molecule has 0 atom stereocenters. The van der Waals surface area contributed by atoms with Crippen LogP contribution in [0.4, 0.5) is 11.4 Å². The average Bonchev–Trinajstić information content (AvgIpc) is 2.98. The van der Waals surface area contributed by atoms with E-state index >= 15 is 0 Å². The van der Waals surface area contributed by atoms with Gasteiger partial charge in [-0.1, -0.05) is 37.8 Å². The van der Waals surface area contributed by atoms with Gasteiger partial charge in [-0.05, 0) is 74.4 Å². The van der Waals surface area contributed by atoms with Gasteiger partial charge in [0, 0.05) is 45.0 Å². The second kappa shape index (κ2) is 13.0. The van der Waals surface area contributed by atoms with Gasteiger partial charge in [0.05, 0.1) is 16.9 Å². The molecule has 2 N–H and O–H groups in total. The molecule has 0 bridgehead atoms. The van der Waals surface area contributed by atoms with Crippen molar-refractivity contribution >= 4 is 31.4 Å². The maximum atomic E-state index is 13.8. The number of nitriles is 1. The molecule has 5 rings (SSSR count). The zero-order valence-electron chi connectivity index (χ0n) is 23.9. The number of hydrogen-bond donors (Lipinski definition) is 1. The molecule has 1 aromatic heterocycles. The van der Waals surface area contributed by atoms with Crippen LogP contribution < -0.4 is 14.9 Å². The number of rotatable bonds is 7. The first kappa shape index (κ1) is 32.4. The van der Waals surface area contributed by atoms with Crippen LogP contribution in [0.3, 0.4) is 0 Å². The fraction of sp³-hybridized carbons (Fsp3) is 0.419. The fourth-order valence-corrected chi connectivity index (χ4v) is 8.32. The maximum Gasteiger partial charge on any atom is 0.260 e. The zero-order valence-corrected chi connectivity index (χ0v) is 25.5. The minimum absolute atomic E-state index is 0. The number of hydrogen-bond acceptors (Lipinski definition) is 8. The molecule has 43 heavy (non-hydrogen) atoms. The summed E-state index contributed by atoms with van der Waals surface area (Å²) in [6.07, 6.45) is 2.55. The van der Waals surface area contributed by atoms with Crippen molar-refractivity contribution < 1.29 is 16.8 Å². The SMILES string of the molecule is C.Cc1cc(C)c(S(=O)(=O)N2CCN(c3ccccc3S(N)(=O)=O)CC2)nc1CC1CCN(c2ccccc2C#N)CC1. The molecule has 2 fully saturated rings. The third kappa shape index (κ3) is 6.86. The van der Waals surface area contributed by atoms with Gasteiger partial charge in [-0.25, -0.2) is 27.0 Å². The molecule has 2 aliphatic heterocycles. The Kier molecular flexibility index (Phi) is 9.81. The second-order valence-electron chi connectivity index (χ2n) is 11.0. The average molecular weight is 625 g/mol. The van der Waals surface area contributed by atoms with Crippen LogP contribution in [0.15, 0.2) is 64.5 Å². The number of sulfonamides is 2. The summed E-state index contributed by atoms with van der Waals surface area (Å²) in [5.74, 6) is 0.363. The van der Waals surface area contributed by atoms with Gasteiger partial charge in [0.25, 0.3) is 10.0 Å². The number of primary sulfonamides is 1. The number of piperazine rings is 1. The molecule has 230 valence electrons. The lowest BCUT2D eigenvalue weighted by Gasteiger charge is -2.36. The molecule has 0 amide bonds. The summed E-state index contributed by atoms with van der Waals surface area (Å²) >= 11 is 0. The van der Waals surface area contributed by atoms with E-state index in [1.54, 1.807) is 25.1 Å². The van der Waals surface area contributed by atoms with Crippen LogP contribution in [0.5, 0.6) is 0 Å². The number of benzene rings is 2. The number of pyridine rings is 1. The molecule has 3 heterocycles. The lowest BCUT2D eigenvalue weighted by Crippen LogP contribution is -2.49. The molecule has 2 aliphatic rings.